The first-order chi connectivity index (χ1) is 14.8. The molecule has 1 aromatic heterocycles. The zero-order valence-corrected chi connectivity index (χ0v) is 17.1. The molecule has 0 aliphatic rings. The number of benzene rings is 2. The van der Waals surface area contributed by atoms with Crippen molar-refractivity contribution in [1.82, 2.24) is 4.98 Å². The van der Waals surface area contributed by atoms with E-state index < -0.39 is 38.8 Å². The number of methoxy groups -OCH3 is 1. The number of ether oxygens (including phenoxy) is 1. The summed E-state index contributed by atoms with van der Waals surface area (Å²) in [5.74, 6) is -2.49. The topological polar surface area (TPSA) is 134 Å². The van der Waals surface area contributed by atoms with E-state index in [2.05, 4.69) is 4.98 Å². The van der Waals surface area contributed by atoms with Crippen LogP contribution in [0.4, 0.5) is 5.69 Å². The van der Waals surface area contributed by atoms with Gasteiger partial charge in [-0.2, -0.15) is 0 Å². The fraction of sp³-hybridized carbons (Fsp3) is 0.0952. The number of carboxylic acids is 2. The third kappa shape index (κ3) is 4.48. The number of nitrogens with zero attached hydrogens (tertiary/aromatic N) is 2. The van der Waals surface area contributed by atoms with Crippen LogP contribution in [0.2, 0.25) is 0 Å². The Balaban J connectivity index is 2.27. The first-order valence-corrected chi connectivity index (χ1v) is 10.3. The van der Waals surface area contributed by atoms with Crippen LogP contribution in [0.5, 0.6) is 5.75 Å². The van der Waals surface area contributed by atoms with Crippen molar-refractivity contribution in [3.63, 3.8) is 0 Å². The van der Waals surface area contributed by atoms with E-state index in [9.17, 15) is 28.2 Å². The van der Waals surface area contributed by atoms with Crippen LogP contribution in [-0.2, 0) is 16.6 Å². The van der Waals surface area contributed by atoms with Crippen molar-refractivity contribution in [3.05, 3.63) is 83.7 Å². The average molecular weight is 442 g/mol. The number of rotatable bonds is 8. The molecule has 0 saturated carbocycles. The van der Waals surface area contributed by atoms with Crippen molar-refractivity contribution in [1.29, 1.82) is 0 Å². The van der Waals surface area contributed by atoms with Gasteiger partial charge in [0, 0.05) is 12.4 Å². The molecule has 2 N–H and O–H groups in total. The summed E-state index contributed by atoms with van der Waals surface area (Å²) in [4.78, 5) is 27.5. The fourth-order valence-corrected chi connectivity index (χ4v) is 4.46. The standard InChI is InChI=1S/C21H18N2O7S/c1-30-15-7-9-16(10-8-15)31(28,29)23(13-14-4-3-11-22-12-14)19-17(20(24)25)5-2-6-18(19)21(26)27/h2-12H,13H2,1H3,(H,24,25)(H,26,27). The Labute approximate surface area is 178 Å². The number of pyridine rings is 1. The van der Waals surface area contributed by atoms with E-state index in [-0.39, 0.29) is 11.4 Å². The minimum atomic E-state index is -4.37. The van der Waals surface area contributed by atoms with Crippen molar-refractivity contribution in [2.75, 3.05) is 11.4 Å². The van der Waals surface area contributed by atoms with Crippen molar-refractivity contribution in [2.24, 2.45) is 0 Å². The SMILES string of the molecule is COc1ccc(S(=O)(=O)N(Cc2cccnc2)c2c(C(=O)O)cccc2C(=O)O)cc1. The van der Waals surface area contributed by atoms with Gasteiger partial charge in [0.05, 0.1) is 35.4 Å². The molecule has 160 valence electrons. The molecule has 0 amide bonds. The van der Waals surface area contributed by atoms with E-state index in [1.54, 1.807) is 12.1 Å². The summed E-state index contributed by atoms with van der Waals surface area (Å²) >= 11 is 0. The lowest BCUT2D eigenvalue weighted by atomic mass is 10.1. The molecule has 3 aromatic rings. The summed E-state index contributed by atoms with van der Waals surface area (Å²) in [7, 11) is -2.93. The maximum Gasteiger partial charge on any atom is 0.337 e. The number of carbonyl (C=O) groups is 2. The van der Waals surface area contributed by atoms with Crippen LogP contribution in [0.3, 0.4) is 0 Å². The third-order valence-corrected chi connectivity index (χ3v) is 6.20. The molecule has 0 fully saturated rings. The van der Waals surface area contributed by atoms with Crippen LogP contribution < -0.4 is 9.04 Å². The Morgan fingerprint density at radius 2 is 1.58 bits per heavy atom. The summed E-state index contributed by atoms with van der Waals surface area (Å²) in [5, 5.41) is 19.3. The molecule has 0 saturated heterocycles. The zero-order chi connectivity index (χ0) is 22.6. The van der Waals surface area contributed by atoms with Gasteiger partial charge in [0.25, 0.3) is 10.0 Å². The predicted molar refractivity (Wildman–Crippen MR) is 111 cm³/mol. The molecular weight excluding hydrogens is 424 g/mol. The average Bonchev–Trinajstić information content (AvgIpc) is 2.77. The van der Waals surface area contributed by atoms with Crippen molar-refractivity contribution in [3.8, 4) is 5.75 Å². The second kappa shape index (κ2) is 8.84. The predicted octanol–water partition coefficient (Wildman–Crippen LogP) is 2.88. The maximum absolute atomic E-state index is 13.6. The summed E-state index contributed by atoms with van der Waals surface area (Å²) in [6, 6.07) is 12.2. The van der Waals surface area contributed by atoms with Gasteiger partial charge in [0.2, 0.25) is 0 Å². The second-order valence-electron chi connectivity index (χ2n) is 6.36. The Kier molecular flexibility index (Phi) is 6.21. The maximum atomic E-state index is 13.6. The zero-order valence-electron chi connectivity index (χ0n) is 16.3. The van der Waals surface area contributed by atoms with Crippen molar-refractivity contribution >= 4 is 27.6 Å². The van der Waals surface area contributed by atoms with E-state index in [4.69, 9.17) is 4.74 Å². The summed E-state index contributed by atoms with van der Waals surface area (Å²) in [6.07, 6.45) is 2.92. The Bertz CT molecular complexity index is 1180. The van der Waals surface area contributed by atoms with Crippen LogP contribution in [0.25, 0.3) is 0 Å². The third-order valence-electron chi connectivity index (χ3n) is 4.44. The van der Waals surface area contributed by atoms with E-state index in [0.717, 1.165) is 16.4 Å². The number of hydrogen-bond acceptors (Lipinski definition) is 6. The highest BCUT2D eigenvalue weighted by Gasteiger charge is 2.32. The Morgan fingerprint density at radius 1 is 0.968 bits per heavy atom. The molecule has 0 unspecified atom stereocenters. The minimum Gasteiger partial charge on any atom is -0.497 e. The molecule has 31 heavy (non-hydrogen) atoms. The number of hydrogen-bond donors (Lipinski definition) is 2. The molecule has 3 rings (SSSR count). The lowest BCUT2D eigenvalue weighted by molar-refractivity contribution is 0.0696. The molecule has 9 nitrogen and oxygen atoms in total. The number of anilines is 1. The number of aromatic carboxylic acids is 2. The number of sulfonamides is 1. The van der Waals surface area contributed by atoms with E-state index in [1.807, 2.05) is 0 Å². The van der Waals surface area contributed by atoms with E-state index in [0.29, 0.717) is 11.3 Å². The van der Waals surface area contributed by atoms with Gasteiger partial charge in [0.1, 0.15) is 5.75 Å². The molecule has 0 spiro atoms. The van der Waals surface area contributed by atoms with Gasteiger partial charge in [0.15, 0.2) is 0 Å². The summed E-state index contributed by atoms with van der Waals surface area (Å²) < 4.78 is 33.0. The normalized spacial score (nSPS) is 11.0. The molecule has 0 aliphatic heterocycles. The summed E-state index contributed by atoms with van der Waals surface area (Å²) in [5.41, 5.74) is -0.917. The van der Waals surface area contributed by atoms with Gasteiger partial charge >= 0.3 is 11.9 Å². The lowest BCUT2D eigenvalue weighted by Gasteiger charge is -2.27. The van der Waals surface area contributed by atoms with Crippen molar-refractivity contribution in [2.45, 2.75) is 11.4 Å². The monoisotopic (exact) mass is 442 g/mol. The Morgan fingerprint density at radius 3 is 2.06 bits per heavy atom. The van der Waals surface area contributed by atoms with Gasteiger partial charge < -0.3 is 14.9 Å². The highest BCUT2D eigenvalue weighted by Crippen LogP contribution is 2.33. The van der Waals surface area contributed by atoms with Crippen LogP contribution in [0, 0.1) is 0 Å². The van der Waals surface area contributed by atoms with E-state index in [1.165, 1.54) is 49.8 Å². The van der Waals surface area contributed by atoms with Crippen LogP contribution >= 0.6 is 0 Å². The van der Waals surface area contributed by atoms with Crippen LogP contribution in [0.1, 0.15) is 26.3 Å². The number of aromatic nitrogens is 1. The highest BCUT2D eigenvalue weighted by atomic mass is 32.2. The highest BCUT2D eigenvalue weighted by molar-refractivity contribution is 7.92. The van der Waals surface area contributed by atoms with Crippen LogP contribution in [-0.4, -0.2) is 42.7 Å². The Hall–Kier alpha value is -3.92. The lowest BCUT2D eigenvalue weighted by Crippen LogP contribution is -2.33. The first-order valence-electron chi connectivity index (χ1n) is 8.91. The quantitative estimate of drug-likeness (QED) is 0.544. The van der Waals surface area contributed by atoms with Crippen molar-refractivity contribution < 1.29 is 33.0 Å². The van der Waals surface area contributed by atoms with Crippen LogP contribution in [0.15, 0.2) is 71.9 Å². The molecule has 0 bridgehead atoms. The molecular formula is C21H18N2O7S. The van der Waals surface area contributed by atoms with Gasteiger partial charge in [-0.15, -0.1) is 0 Å². The fourth-order valence-electron chi connectivity index (χ4n) is 2.97. The van der Waals surface area contributed by atoms with Gasteiger partial charge in [-0.3, -0.25) is 9.29 Å². The van der Waals surface area contributed by atoms with Gasteiger partial charge in [-0.25, -0.2) is 18.0 Å². The second-order valence-corrected chi connectivity index (χ2v) is 8.22. The molecule has 0 radical (unpaired) electrons. The smallest absolute Gasteiger partial charge is 0.337 e. The van der Waals surface area contributed by atoms with Gasteiger partial charge in [-0.05, 0) is 48.0 Å². The van der Waals surface area contributed by atoms with Gasteiger partial charge in [-0.1, -0.05) is 12.1 Å². The number of carboxylic acid groups (broad SMARTS) is 2. The molecule has 0 aliphatic carbocycles. The number of para-hydroxylation sites is 1. The molecule has 2 aromatic carbocycles. The molecule has 0 atom stereocenters. The molecule has 1 heterocycles. The summed E-state index contributed by atoms with van der Waals surface area (Å²) in [6.45, 7) is -0.327. The molecule has 10 heteroatoms. The first kappa shape index (κ1) is 21.8. The minimum absolute atomic E-state index is 0.159. The largest absolute Gasteiger partial charge is 0.497 e. The van der Waals surface area contributed by atoms with E-state index >= 15 is 0 Å².